The molecule has 14 heavy (non-hydrogen) atoms. The molecule has 0 aliphatic carbocycles. The fraction of sp³-hybridized carbons (Fsp3) is 0.333. The van der Waals surface area contributed by atoms with Gasteiger partial charge in [0.1, 0.15) is 0 Å². The zero-order chi connectivity index (χ0) is 10.6. The Morgan fingerprint density at radius 3 is 2.64 bits per heavy atom. The molecule has 0 radical (unpaired) electrons. The Hall–Kier alpha value is -1.36. The van der Waals surface area contributed by atoms with E-state index < -0.39 is 11.9 Å². The molecule has 1 aromatic heterocycles. The van der Waals surface area contributed by atoms with Gasteiger partial charge in [-0.3, -0.25) is 9.59 Å². The van der Waals surface area contributed by atoms with Crippen molar-refractivity contribution in [2.24, 2.45) is 5.73 Å². The van der Waals surface area contributed by atoms with E-state index in [1.807, 2.05) is 16.8 Å². The average molecular weight is 213 g/mol. The molecule has 4 nitrogen and oxygen atoms in total. The normalized spacial score (nSPS) is 12.3. The van der Waals surface area contributed by atoms with E-state index in [1.165, 1.54) is 11.3 Å². The number of amides is 1. The van der Waals surface area contributed by atoms with Gasteiger partial charge in [-0.05, 0) is 22.4 Å². The van der Waals surface area contributed by atoms with Gasteiger partial charge in [-0.2, -0.15) is 11.3 Å². The Balaban J connectivity index is 2.71. The van der Waals surface area contributed by atoms with Crippen LogP contribution in [-0.4, -0.2) is 17.0 Å². The minimum Gasteiger partial charge on any atom is -0.481 e. The van der Waals surface area contributed by atoms with Crippen molar-refractivity contribution in [1.82, 2.24) is 0 Å². The molecular formula is C9H11NO3S. The molecule has 0 aromatic carbocycles. The van der Waals surface area contributed by atoms with Crippen LogP contribution in [0.3, 0.4) is 0 Å². The van der Waals surface area contributed by atoms with Crippen LogP contribution in [0.25, 0.3) is 0 Å². The molecule has 0 bridgehead atoms. The van der Waals surface area contributed by atoms with Crippen LogP contribution in [0.5, 0.6) is 0 Å². The average Bonchev–Trinajstić information content (AvgIpc) is 2.52. The number of hydrogen-bond acceptors (Lipinski definition) is 3. The molecule has 76 valence electrons. The van der Waals surface area contributed by atoms with Crippen molar-refractivity contribution in [3.8, 4) is 0 Å². The molecule has 0 fully saturated rings. The topological polar surface area (TPSA) is 80.4 Å². The van der Waals surface area contributed by atoms with Crippen molar-refractivity contribution in [3.63, 3.8) is 0 Å². The fourth-order valence-electron chi connectivity index (χ4n) is 1.27. The van der Waals surface area contributed by atoms with Gasteiger partial charge in [0.2, 0.25) is 5.91 Å². The van der Waals surface area contributed by atoms with Gasteiger partial charge < -0.3 is 10.8 Å². The quantitative estimate of drug-likeness (QED) is 0.770. The maximum absolute atomic E-state index is 10.7. The zero-order valence-corrected chi connectivity index (χ0v) is 8.29. The van der Waals surface area contributed by atoms with E-state index in [1.54, 1.807) is 0 Å². The highest BCUT2D eigenvalue weighted by atomic mass is 32.1. The lowest BCUT2D eigenvalue weighted by atomic mass is 9.95. The van der Waals surface area contributed by atoms with E-state index >= 15 is 0 Å². The smallest absolute Gasteiger partial charge is 0.303 e. The van der Waals surface area contributed by atoms with Gasteiger partial charge in [0.25, 0.3) is 0 Å². The van der Waals surface area contributed by atoms with E-state index in [9.17, 15) is 9.59 Å². The van der Waals surface area contributed by atoms with Crippen LogP contribution in [-0.2, 0) is 9.59 Å². The first kappa shape index (κ1) is 10.7. The second-order valence-corrected chi connectivity index (χ2v) is 3.80. The first-order chi connectivity index (χ1) is 6.59. The first-order valence-electron chi connectivity index (χ1n) is 4.11. The van der Waals surface area contributed by atoms with Crippen LogP contribution in [0.2, 0.25) is 0 Å². The molecule has 1 atom stereocenters. The number of primary amides is 1. The van der Waals surface area contributed by atoms with E-state index in [0.717, 1.165) is 5.56 Å². The Labute approximate surface area is 85.4 Å². The van der Waals surface area contributed by atoms with Crippen molar-refractivity contribution >= 4 is 23.2 Å². The summed E-state index contributed by atoms with van der Waals surface area (Å²) in [5.74, 6) is -1.68. The molecule has 5 heteroatoms. The Morgan fingerprint density at radius 2 is 2.21 bits per heavy atom. The maximum atomic E-state index is 10.7. The molecule has 0 spiro atoms. The summed E-state index contributed by atoms with van der Waals surface area (Å²) in [6.45, 7) is 0. The van der Waals surface area contributed by atoms with Crippen LogP contribution in [0.15, 0.2) is 16.8 Å². The van der Waals surface area contributed by atoms with Crippen LogP contribution < -0.4 is 5.73 Å². The largest absolute Gasteiger partial charge is 0.481 e. The van der Waals surface area contributed by atoms with E-state index in [0.29, 0.717) is 0 Å². The van der Waals surface area contributed by atoms with Gasteiger partial charge in [-0.15, -0.1) is 0 Å². The summed E-state index contributed by atoms with van der Waals surface area (Å²) in [6, 6.07) is 1.82. The third kappa shape index (κ3) is 3.18. The minimum absolute atomic E-state index is 0.0559. The molecular weight excluding hydrogens is 202 g/mol. The van der Waals surface area contributed by atoms with Crippen LogP contribution in [0.4, 0.5) is 0 Å². The highest BCUT2D eigenvalue weighted by Gasteiger charge is 2.18. The van der Waals surface area contributed by atoms with Crippen molar-refractivity contribution in [1.29, 1.82) is 0 Å². The van der Waals surface area contributed by atoms with E-state index in [-0.39, 0.29) is 18.8 Å². The number of carbonyl (C=O) groups excluding carboxylic acids is 1. The number of hydrogen-bond donors (Lipinski definition) is 2. The van der Waals surface area contributed by atoms with Gasteiger partial charge in [0.05, 0.1) is 6.42 Å². The number of aliphatic carboxylic acids is 1. The molecule has 1 aromatic rings. The van der Waals surface area contributed by atoms with Crippen molar-refractivity contribution in [2.45, 2.75) is 18.8 Å². The number of carbonyl (C=O) groups is 2. The molecule has 0 saturated carbocycles. The second-order valence-electron chi connectivity index (χ2n) is 3.02. The molecule has 0 aliphatic rings. The number of carboxylic acid groups (broad SMARTS) is 1. The lowest BCUT2D eigenvalue weighted by Gasteiger charge is -2.10. The van der Waals surface area contributed by atoms with Gasteiger partial charge in [0, 0.05) is 12.3 Å². The summed E-state index contributed by atoms with van der Waals surface area (Å²) in [5, 5.41) is 12.3. The van der Waals surface area contributed by atoms with E-state index in [4.69, 9.17) is 10.8 Å². The summed E-state index contributed by atoms with van der Waals surface area (Å²) < 4.78 is 0. The molecule has 1 heterocycles. The van der Waals surface area contributed by atoms with Gasteiger partial charge >= 0.3 is 5.97 Å². The third-order valence-electron chi connectivity index (χ3n) is 1.88. The monoisotopic (exact) mass is 213 g/mol. The number of thiophene rings is 1. The predicted molar refractivity (Wildman–Crippen MR) is 53.1 cm³/mol. The Morgan fingerprint density at radius 1 is 1.50 bits per heavy atom. The molecule has 0 saturated heterocycles. The predicted octanol–water partition coefficient (Wildman–Crippen LogP) is 1.18. The Bertz CT molecular complexity index is 305. The number of rotatable bonds is 5. The van der Waals surface area contributed by atoms with E-state index in [2.05, 4.69) is 0 Å². The number of nitrogens with two attached hydrogens (primary N) is 1. The molecule has 3 N–H and O–H groups in total. The first-order valence-corrected chi connectivity index (χ1v) is 5.06. The summed E-state index contributed by atoms with van der Waals surface area (Å²) >= 11 is 1.48. The lowest BCUT2D eigenvalue weighted by Crippen LogP contribution is -2.17. The molecule has 1 rings (SSSR count). The SMILES string of the molecule is NC(=O)CC(CC(=O)O)c1ccsc1. The highest BCUT2D eigenvalue weighted by Crippen LogP contribution is 2.25. The van der Waals surface area contributed by atoms with Crippen LogP contribution in [0.1, 0.15) is 24.3 Å². The molecule has 1 unspecified atom stereocenters. The summed E-state index contributed by atoms with van der Waals surface area (Å²) in [6.07, 6.45) is 0.0305. The maximum Gasteiger partial charge on any atom is 0.303 e. The molecule has 0 aliphatic heterocycles. The van der Waals surface area contributed by atoms with Gasteiger partial charge in [-0.25, -0.2) is 0 Å². The third-order valence-corrected chi connectivity index (χ3v) is 2.58. The van der Waals surface area contributed by atoms with Crippen molar-refractivity contribution in [2.75, 3.05) is 0 Å². The van der Waals surface area contributed by atoms with Crippen LogP contribution >= 0.6 is 11.3 Å². The summed E-state index contributed by atoms with van der Waals surface area (Å²) in [5.41, 5.74) is 5.92. The van der Waals surface area contributed by atoms with Crippen LogP contribution in [0, 0.1) is 0 Å². The number of carboxylic acids is 1. The Kier molecular flexibility index (Phi) is 3.64. The fourth-order valence-corrected chi connectivity index (χ4v) is 2.01. The minimum atomic E-state index is -0.914. The lowest BCUT2D eigenvalue weighted by molar-refractivity contribution is -0.137. The summed E-state index contributed by atoms with van der Waals surface area (Å²) in [4.78, 5) is 21.3. The van der Waals surface area contributed by atoms with Crippen molar-refractivity contribution < 1.29 is 14.7 Å². The van der Waals surface area contributed by atoms with Gasteiger partial charge in [-0.1, -0.05) is 0 Å². The highest BCUT2D eigenvalue weighted by molar-refractivity contribution is 7.08. The van der Waals surface area contributed by atoms with Gasteiger partial charge in [0.15, 0.2) is 0 Å². The van der Waals surface area contributed by atoms with Crippen molar-refractivity contribution in [3.05, 3.63) is 22.4 Å². The standard InChI is InChI=1S/C9H11NO3S/c10-8(11)3-7(4-9(12)13)6-1-2-14-5-6/h1-2,5,7H,3-4H2,(H2,10,11)(H,12,13). The zero-order valence-electron chi connectivity index (χ0n) is 7.47. The summed E-state index contributed by atoms with van der Waals surface area (Å²) in [7, 11) is 0. The second kappa shape index (κ2) is 4.76. The molecule has 1 amide bonds.